The summed E-state index contributed by atoms with van der Waals surface area (Å²) in [6.07, 6.45) is -0.916. The molecule has 0 radical (unpaired) electrons. The van der Waals surface area contributed by atoms with Gasteiger partial charge < -0.3 is 5.11 Å². The second-order valence-electron chi connectivity index (χ2n) is 4.73. The van der Waals surface area contributed by atoms with Gasteiger partial charge in [-0.05, 0) is 39.0 Å². The van der Waals surface area contributed by atoms with Gasteiger partial charge in [-0.1, -0.05) is 54.1 Å². The normalized spacial score (nSPS) is 12.6. The Morgan fingerprint density at radius 2 is 1.62 bits per heavy atom. The van der Waals surface area contributed by atoms with E-state index in [1.807, 2.05) is 6.07 Å². The Hall–Kier alpha value is -1.42. The molecule has 1 N–H and O–H groups in total. The Bertz CT molecular complexity index is 819. The van der Waals surface area contributed by atoms with Gasteiger partial charge in [0.2, 0.25) is 0 Å². The van der Waals surface area contributed by atoms with Gasteiger partial charge in [0.15, 0.2) is 0 Å². The van der Waals surface area contributed by atoms with Crippen LogP contribution < -0.4 is 0 Å². The van der Waals surface area contributed by atoms with E-state index in [0.717, 1.165) is 0 Å². The summed E-state index contributed by atoms with van der Waals surface area (Å²) < 4.78 is 14.6. The molecule has 4 heteroatoms. The van der Waals surface area contributed by atoms with E-state index in [0.29, 0.717) is 31.4 Å². The van der Waals surface area contributed by atoms with Gasteiger partial charge in [-0.25, -0.2) is 4.39 Å². The fourth-order valence-electron chi connectivity index (χ4n) is 2.42. The van der Waals surface area contributed by atoms with Crippen LogP contribution in [0, 0.1) is 5.82 Å². The number of aliphatic hydroxyl groups excluding tert-OH is 1. The second kappa shape index (κ2) is 5.76. The number of aliphatic hydroxyl groups is 1. The molecule has 1 nitrogen and oxygen atoms in total. The van der Waals surface area contributed by atoms with E-state index < -0.39 is 6.10 Å². The van der Waals surface area contributed by atoms with Crippen molar-refractivity contribution in [3.8, 4) is 0 Å². The van der Waals surface area contributed by atoms with Crippen molar-refractivity contribution in [3.05, 3.63) is 81.0 Å². The fraction of sp³-hybridized carbons (Fsp3) is 0.0588. The summed E-state index contributed by atoms with van der Waals surface area (Å²) in [4.78, 5) is 0. The van der Waals surface area contributed by atoms with Gasteiger partial charge >= 0.3 is 0 Å². The largest absolute Gasteiger partial charge is 0.384 e. The molecular weight excluding hydrogens is 355 g/mol. The average Bonchev–Trinajstić information content (AvgIpc) is 2.50. The van der Waals surface area contributed by atoms with E-state index in [1.165, 1.54) is 6.07 Å². The Morgan fingerprint density at radius 1 is 0.905 bits per heavy atom. The molecule has 0 fully saturated rings. The topological polar surface area (TPSA) is 20.2 Å². The van der Waals surface area contributed by atoms with Gasteiger partial charge in [0.25, 0.3) is 0 Å². The summed E-state index contributed by atoms with van der Waals surface area (Å²) in [7, 11) is 0. The predicted molar refractivity (Wildman–Crippen MR) is 87.1 cm³/mol. The number of hydrogen-bond acceptors (Lipinski definition) is 1. The SMILES string of the molecule is OC(c1cccc(Br)c1Cl)c1ccc(F)c2ccccc12. The van der Waals surface area contributed by atoms with E-state index in [4.69, 9.17) is 11.6 Å². The molecule has 0 aliphatic carbocycles. The van der Waals surface area contributed by atoms with Crippen LogP contribution in [0.15, 0.2) is 59.1 Å². The van der Waals surface area contributed by atoms with E-state index in [-0.39, 0.29) is 5.82 Å². The Labute approximate surface area is 135 Å². The third-order valence-corrected chi connectivity index (χ3v) is 4.79. The molecule has 106 valence electrons. The molecule has 0 saturated heterocycles. The Morgan fingerprint density at radius 3 is 2.38 bits per heavy atom. The van der Waals surface area contributed by atoms with Crippen molar-refractivity contribution < 1.29 is 9.50 Å². The fourth-order valence-corrected chi connectivity index (χ4v) is 3.03. The maximum absolute atomic E-state index is 13.9. The van der Waals surface area contributed by atoms with Crippen LogP contribution in [0.5, 0.6) is 0 Å². The van der Waals surface area contributed by atoms with Crippen LogP contribution in [-0.2, 0) is 0 Å². The minimum atomic E-state index is -0.916. The molecule has 3 aromatic carbocycles. The van der Waals surface area contributed by atoms with E-state index in [1.54, 1.807) is 42.5 Å². The average molecular weight is 366 g/mol. The molecule has 3 aromatic rings. The number of hydrogen-bond donors (Lipinski definition) is 1. The predicted octanol–water partition coefficient (Wildman–Crippen LogP) is 5.48. The van der Waals surface area contributed by atoms with Crippen molar-refractivity contribution in [3.63, 3.8) is 0 Å². The van der Waals surface area contributed by atoms with Crippen molar-refractivity contribution in [2.75, 3.05) is 0 Å². The van der Waals surface area contributed by atoms with Gasteiger partial charge in [0.1, 0.15) is 11.9 Å². The van der Waals surface area contributed by atoms with Gasteiger partial charge in [-0.15, -0.1) is 0 Å². The first-order chi connectivity index (χ1) is 10.1. The standard InChI is InChI=1S/C17H11BrClFO/c18-14-7-3-6-13(16(14)19)17(21)12-8-9-15(20)11-5-2-1-4-10(11)12/h1-9,17,21H. The molecule has 1 unspecified atom stereocenters. The van der Waals surface area contributed by atoms with Crippen LogP contribution in [0.25, 0.3) is 10.8 Å². The Balaban J connectivity index is 2.21. The summed E-state index contributed by atoms with van der Waals surface area (Å²) in [5, 5.41) is 12.3. The molecule has 3 rings (SSSR count). The molecule has 0 aliphatic rings. The molecule has 0 aliphatic heterocycles. The highest BCUT2D eigenvalue weighted by molar-refractivity contribution is 9.10. The lowest BCUT2D eigenvalue weighted by atomic mass is 9.95. The van der Waals surface area contributed by atoms with Crippen LogP contribution in [0.1, 0.15) is 17.2 Å². The lowest BCUT2D eigenvalue weighted by molar-refractivity contribution is 0.222. The molecule has 21 heavy (non-hydrogen) atoms. The van der Waals surface area contributed by atoms with Crippen LogP contribution in [0.4, 0.5) is 4.39 Å². The molecular formula is C17H11BrClFO. The monoisotopic (exact) mass is 364 g/mol. The summed E-state index contributed by atoms with van der Waals surface area (Å²) in [6, 6.07) is 15.4. The van der Waals surface area contributed by atoms with Gasteiger partial charge in [-0.2, -0.15) is 0 Å². The summed E-state index contributed by atoms with van der Waals surface area (Å²) in [5.41, 5.74) is 1.22. The first-order valence-electron chi connectivity index (χ1n) is 6.38. The maximum Gasteiger partial charge on any atom is 0.131 e. The van der Waals surface area contributed by atoms with E-state index in [9.17, 15) is 9.50 Å². The highest BCUT2D eigenvalue weighted by atomic mass is 79.9. The second-order valence-corrected chi connectivity index (χ2v) is 5.96. The first-order valence-corrected chi connectivity index (χ1v) is 7.56. The van der Waals surface area contributed by atoms with Crippen LogP contribution in [0.3, 0.4) is 0 Å². The molecule has 0 saturated carbocycles. The van der Waals surface area contributed by atoms with Crippen LogP contribution >= 0.6 is 27.5 Å². The third-order valence-electron chi connectivity index (χ3n) is 3.48. The molecule has 0 heterocycles. The zero-order valence-electron chi connectivity index (χ0n) is 10.9. The molecule has 0 bridgehead atoms. The Kier molecular flexibility index (Phi) is 3.98. The van der Waals surface area contributed by atoms with Crippen molar-refractivity contribution in [2.24, 2.45) is 0 Å². The lowest BCUT2D eigenvalue weighted by Gasteiger charge is -2.16. The number of benzene rings is 3. The lowest BCUT2D eigenvalue weighted by Crippen LogP contribution is -2.02. The van der Waals surface area contributed by atoms with Gasteiger partial charge in [0, 0.05) is 15.4 Å². The van der Waals surface area contributed by atoms with E-state index >= 15 is 0 Å². The zero-order chi connectivity index (χ0) is 15.0. The number of fused-ring (bicyclic) bond motifs is 1. The van der Waals surface area contributed by atoms with Gasteiger partial charge in [0.05, 0.1) is 5.02 Å². The number of halogens is 3. The minimum absolute atomic E-state index is 0.304. The third kappa shape index (κ3) is 2.57. The summed E-state index contributed by atoms with van der Waals surface area (Å²) in [5.74, 6) is -0.304. The quantitative estimate of drug-likeness (QED) is 0.638. The smallest absolute Gasteiger partial charge is 0.131 e. The number of rotatable bonds is 2. The summed E-state index contributed by atoms with van der Waals surface area (Å²) in [6.45, 7) is 0. The van der Waals surface area contributed by atoms with Crippen molar-refractivity contribution in [2.45, 2.75) is 6.10 Å². The maximum atomic E-state index is 13.9. The first kappa shape index (κ1) is 14.5. The van der Waals surface area contributed by atoms with Crippen molar-refractivity contribution in [1.29, 1.82) is 0 Å². The molecule has 0 spiro atoms. The summed E-state index contributed by atoms with van der Waals surface area (Å²) >= 11 is 9.58. The minimum Gasteiger partial charge on any atom is -0.384 e. The highest BCUT2D eigenvalue weighted by Gasteiger charge is 2.18. The van der Waals surface area contributed by atoms with Crippen LogP contribution in [-0.4, -0.2) is 5.11 Å². The van der Waals surface area contributed by atoms with Crippen molar-refractivity contribution >= 4 is 38.3 Å². The van der Waals surface area contributed by atoms with E-state index in [2.05, 4.69) is 15.9 Å². The molecule has 0 amide bonds. The van der Waals surface area contributed by atoms with Crippen LogP contribution in [0.2, 0.25) is 5.02 Å². The highest BCUT2D eigenvalue weighted by Crippen LogP contribution is 2.36. The zero-order valence-corrected chi connectivity index (χ0v) is 13.2. The van der Waals surface area contributed by atoms with Crippen molar-refractivity contribution in [1.82, 2.24) is 0 Å². The molecule has 1 atom stereocenters. The van der Waals surface area contributed by atoms with Gasteiger partial charge in [-0.3, -0.25) is 0 Å². The molecule has 0 aromatic heterocycles.